The number of piperidine rings is 3. The van der Waals surface area contributed by atoms with Crippen molar-refractivity contribution in [3.05, 3.63) is 132 Å². The lowest BCUT2D eigenvalue weighted by Crippen LogP contribution is -2.67. The van der Waals surface area contributed by atoms with Crippen molar-refractivity contribution in [1.82, 2.24) is 19.9 Å². The zero-order chi connectivity index (χ0) is 37.1. The van der Waals surface area contributed by atoms with Gasteiger partial charge in [0.05, 0.1) is 55.1 Å². The number of aliphatic hydroxyl groups is 1. The van der Waals surface area contributed by atoms with Crippen molar-refractivity contribution in [1.29, 1.82) is 0 Å². The first-order chi connectivity index (χ1) is 25.7. The Bertz CT molecular complexity index is 2250. The number of ether oxygens (including phenoxy) is 2. The Morgan fingerprint density at radius 3 is 2.58 bits per heavy atom. The maximum absolute atomic E-state index is 12.6. The topological polar surface area (TPSA) is 109 Å². The molecule has 6 heterocycles. The van der Waals surface area contributed by atoms with Crippen molar-refractivity contribution in [3.63, 3.8) is 0 Å². The molecule has 6 atom stereocenters. The van der Waals surface area contributed by atoms with Gasteiger partial charge in [-0.3, -0.25) is 14.2 Å². The molecular formula is C43H47N5O4S. The Balaban J connectivity index is 0.000000168. The average Bonchev–Trinajstić information content (AvgIpc) is 3.63. The molecule has 53 heavy (non-hydrogen) atoms. The molecule has 0 amide bonds. The third-order valence-corrected chi connectivity index (χ3v) is 12.3. The average molecular weight is 730 g/mol. The Morgan fingerprint density at radius 2 is 1.81 bits per heavy atom. The van der Waals surface area contributed by atoms with E-state index in [1.165, 1.54) is 12.0 Å². The number of hydrogen-bond acceptors (Lipinski definition) is 7. The number of nitrogens with zero attached hydrogens (tertiary/aromatic N) is 5. The lowest BCUT2D eigenvalue weighted by atomic mass is 9.71. The summed E-state index contributed by atoms with van der Waals surface area (Å²) in [6, 6.07) is 26.5. The first-order valence-electron chi connectivity index (χ1n) is 18.1. The van der Waals surface area contributed by atoms with Crippen molar-refractivity contribution in [3.8, 4) is 11.5 Å². The highest BCUT2D eigenvalue weighted by Gasteiger charge is 2.54. The molecule has 10 heteroatoms. The third kappa shape index (κ3) is 7.36. The lowest BCUT2D eigenvalue weighted by molar-refractivity contribution is -0.984. The fraction of sp³-hybridized carbons (Fsp3) is 0.326. The number of aromatic nitrogens is 4. The third-order valence-electron chi connectivity index (χ3n) is 11.2. The highest BCUT2D eigenvalue weighted by Crippen LogP contribution is 2.48. The van der Waals surface area contributed by atoms with Gasteiger partial charge in [-0.05, 0) is 60.6 Å². The molecule has 9 nitrogen and oxygen atoms in total. The van der Waals surface area contributed by atoms with E-state index in [-0.39, 0.29) is 11.8 Å². The number of aryl methyl sites for hydroxylation is 1. The normalized spacial score (nSPS) is 21.8. The minimum Gasteiger partial charge on any atom is -0.497 e. The van der Waals surface area contributed by atoms with Crippen LogP contribution < -0.4 is 14.5 Å². The molecule has 274 valence electrons. The fourth-order valence-electron chi connectivity index (χ4n) is 8.46. The van der Waals surface area contributed by atoms with Crippen LogP contribution in [0.4, 0.5) is 0 Å². The minimum absolute atomic E-state index is 0.205. The molecule has 0 radical (unpaired) electrons. The molecule has 6 aromatic rings. The second-order valence-electron chi connectivity index (χ2n) is 14.3. The summed E-state index contributed by atoms with van der Waals surface area (Å²) in [4.78, 5) is 17.6. The number of imidazole rings is 1. The van der Waals surface area contributed by atoms with Crippen molar-refractivity contribution >= 4 is 32.7 Å². The number of hydrogen-bond donors (Lipinski definition) is 1. The minimum atomic E-state index is -1.38. The van der Waals surface area contributed by atoms with E-state index >= 15 is 0 Å². The predicted molar refractivity (Wildman–Crippen MR) is 209 cm³/mol. The van der Waals surface area contributed by atoms with Crippen molar-refractivity contribution < 1.29 is 23.3 Å². The molecule has 3 aromatic carbocycles. The number of aliphatic hydroxyl groups excluding tert-OH is 1. The molecular weight excluding hydrogens is 683 g/mol. The van der Waals surface area contributed by atoms with E-state index < -0.39 is 16.9 Å². The summed E-state index contributed by atoms with van der Waals surface area (Å²) in [6.07, 6.45) is 7.52. The van der Waals surface area contributed by atoms with Crippen LogP contribution in [0.25, 0.3) is 21.9 Å². The molecule has 3 aliphatic rings. The Labute approximate surface area is 313 Å². The smallest absolute Gasteiger partial charge is 0.131 e. The largest absolute Gasteiger partial charge is 0.497 e. The lowest BCUT2D eigenvalue weighted by Gasteiger charge is -2.58. The molecule has 0 spiro atoms. The van der Waals surface area contributed by atoms with Crippen molar-refractivity contribution in [2.75, 3.05) is 27.3 Å². The second-order valence-corrected chi connectivity index (χ2v) is 15.6. The number of para-hydroxylation sites is 1. The summed E-state index contributed by atoms with van der Waals surface area (Å²) >= 11 is 0. The van der Waals surface area contributed by atoms with E-state index in [4.69, 9.17) is 9.47 Å². The van der Waals surface area contributed by atoms with Crippen LogP contribution in [0.2, 0.25) is 0 Å². The van der Waals surface area contributed by atoms with Crippen LogP contribution in [-0.2, 0) is 23.1 Å². The summed E-state index contributed by atoms with van der Waals surface area (Å²) < 4.78 is 24.2. The Morgan fingerprint density at radius 1 is 1.02 bits per heavy atom. The molecule has 3 aliphatic heterocycles. The molecule has 3 saturated heterocycles. The van der Waals surface area contributed by atoms with Crippen LogP contribution in [0, 0.1) is 25.7 Å². The van der Waals surface area contributed by atoms with Gasteiger partial charge in [0, 0.05) is 58.4 Å². The van der Waals surface area contributed by atoms with E-state index in [0.29, 0.717) is 33.8 Å². The Hall–Kier alpha value is -4.90. The van der Waals surface area contributed by atoms with Gasteiger partial charge < -0.3 is 29.0 Å². The molecule has 4 unspecified atom stereocenters. The number of benzene rings is 3. The molecule has 0 saturated carbocycles. The van der Waals surface area contributed by atoms with Gasteiger partial charge in [-0.15, -0.1) is 6.58 Å². The fourth-order valence-corrected chi connectivity index (χ4v) is 9.53. The van der Waals surface area contributed by atoms with Gasteiger partial charge in [-0.2, -0.15) is 0 Å². The molecule has 2 bridgehead atoms. The summed E-state index contributed by atoms with van der Waals surface area (Å²) in [5.41, 5.74) is 7.27. The van der Waals surface area contributed by atoms with Gasteiger partial charge in [-0.1, -0.05) is 60.7 Å². The highest BCUT2D eigenvalue weighted by atomic mass is 32.2. The molecule has 3 fully saturated rings. The molecule has 3 aromatic heterocycles. The summed E-state index contributed by atoms with van der Waals surface area (Å²) in [5, 5.41) is 13.1. The van der Waals surface area contributed by atoms with Gasteiger partial charge in [0.15, 0.2) is 0 Å². The maximum atomic E-state index is 12.6. The van der Waals surface area contributed by atoms with Crippen LogP contribution in [0.3, 0.4) is 0 Å². The summed E-state index contributed by atoms with van der Waals surface area (Å²) in [5.74, 6) is 2.90. The molecule has 1 N–H and O–H groups in total. The van der Waals surface area contributed by atoms with E-state index in [9.17, 15) is 9.32 Å². The predicted octanol–water partition coefficient (Wildman–Crippen LogP) is 7.41. The SMILES string of the molecule is C=CC1C[N+]2(Cc3ccccc3)CCC1C[C@H]2[C@@H](O)c1ccnc2ccccc12.COc1ccc2[n-]c(S(=O)Cc3ncc(C)c(OC)c3C)nc2c1. The standard InChI is InChI=1S/C26H29N2O.C17H18N3O3S/c1-2-20-18-28(17-19-8-4-3-5-9-19)15-13-21(20)16-25(28)26(29)23-12-14-27-24-11-7-6-10-22(23)24;1-10-8-18-15(11(2)16(10)23-4)9-24(21)17-19-13-6-5-12(22-3)7-14(13)20-17/h2-12,14,20-21,25-26,29H,1,13,15-18H2;5-8H,9H2,1-4H3/q+1;-1/t20?,21?,25-,26-,28?;/m0./s1. The molecule has 9 rings (SSSR count). The van der Waals surface area contributed by atoms with Crippen molar-refractivity contribution in [2.24, 2.45) is 11.8 Å². The van der Waals surface area contributed by atoms with E-state index in [1.807, 2.05) is 44.3 Å². The first kappa shape index (κ1) is 36.5. The van der Waals surface area contributed by atoms with Gasteiger partial charge >= 0.3 is 0 Å². The van der Waals surface area contributed by atoms with Crippen LogP contribution >= 0.6 is 0 Å². The van der Waals surface area contributed by atoms with Crippen LogP contribution in [0.5, 0.6) is 11.5 Å². The number of fused-ring (bicyclic) bond motifs is 5. The number of quaternary nitrogens is 1. The second kappa shape index (κ2) is 15.6. The van der Waals surface area contributed by atoms with E-state index in [0.717, 1.165) is 69.6 Å². The number of methoxy groups -OCH3 is 2. The van der Waals surface area contributed by atoms with E-state index in [2.05, 4.69) is 69.0 Å². The Kier molecular flexibility index (Phi) is 10.7. The number of rotatable bonds is 10. The maximum Gasteiger partial charge on any atom is 0.131 e. The first-order valence-corrected chi connectivity index (χ1v) is 19.5. The zero-order valence-corrected chi connectivity index (χ0v) is 31.6. The van der Waals surface area contributed by atoms with E-state index in [1.54, 1.807) is 38.6 Å². The van der Waals surface area contributed by atoms with Gasteiger partial charge in [-0.25, -0.2) is 0 Å². The number of pyridine rings is 2. The van der Waals surface area contributed by atoms with Crippen LogP contribution in [0.1, 0.15) is 46.9 Å². The van der Waals surface area contributed by atoms with Crippen LogP contribution in [-0.4, -0.2) is 62.1 Å². The van der Waals surface area contributed by atoms with Gasteiger partial charge in [0.1, 0.15) is 30.2 Å². The highest BCUT2D eigenvalue weighted by molar-refractivity contribution is 7.84. The van der Waals surface area contributed by atoms with Gasteiger partial charge in [0.2, 0.25) is 0 Å². The van der Waals surface area contributed by atoms with Crippen LogP contribution in [0.15, 0.2) is 109 Å². The van der Waals surface area contributed by atoms with Gasteiger partial charge in [0.25, 0.3) is 0 Å². The zero-order valence-electron chi connectivity index (χ0n) is 30.8. The van der Waals surface area contributed by atoms with Crippen molar-refractivity contribution in [2.45, 2.75) is 56.3 Å². The monoisotopic (exact) mass is 729 g/mol. The quantitative estimate of drug-likeness (QED) is 0.115. The summed E-state index contributed by atoms with van der Waals surface area (Å²) in [7, 11) is 1.83. The summed E-state index contributed by atoms with van der Waals surface area (Å²) in [6.45, 7) is 11.2. The molecule has 0 aliphatic carbocycles.